The second-order valence-corrected chi connectivity index (χ2v) is 15.9. The Hall–Kier alpha value is -1.43. The Balaban J connectivity index is 0.00000456. The lowest BCUT2D eigenvalue weighted by Gasteiger charge is -2.28. The van der Waals surface area contributed by atoms with Crippen molar-refractivity contribution in [3.05, 3.63) is 89.5 Å². The maximum atomic E-state index is 2.51. The molecule has 196 valence electrons. The fraction of sp³-hybridized carbons (Fsp3) is 0.471. The molecule has 0 aromatic heterocycles. The highest BCUT2D eigenvalue weighted by Gasteiger charge is 2.41. The predicted octanol–water partition coefficient (Wildman–Crippen LogP) is 5.68. The van der Waals surface area contributed by atoms with Gasteiger partial charge in [-0.3, -0.25) is 0 Å². The summed E-state index contributed by atoms with van der Waals surface area (Å²) < 4.78 is 0. The zero-order chi connectivity index (χ0) is 26.1. The number of benzene rings is 3. The standard InChI is InChI=1S/C34H48P.BrH/c1-11-32(4,5)26-14-20-29(21-15-26)35(10,30-22-16-27(17-23-30)33(6,7)12-2)31-24-18-28(19-25-31)34(8,9)13-3;/h14-25H,11-13H2,1-10H3;1H/q+1;/p-1. The Kier molecular flexibility index (Phi) is 9.86. The largest absolute Gasteiger partial charge is 1.00 e. The average molecular weight is 568 g/mol. The van der Waals surface area contributed by atoms with Gasteiger partial charge in [-0.15, -0.1) is 0 Å². The maximum absolute atomic E-state index is 2.51. The van der Waals surface area contributed by atoms with Gasteiger partial charge in [0.1, 0.15) is 23.2 Å². The summed E-state index contributed by atoms with van der Waals surface area (Å²) in [6.45, 7) is 23.4. The van der Waals surface area contributed by atoms with Crippen molar-refractivity contribution in [1.82, 2.24) is 0 Å². The third-order valence-corrected chi connectivity index (χ3v) is 13.1. The molecule has 2 heteroatoms. The van der Waals surface area contributed by atoms with Crippen LogP contribution in [0.5, 0.6) is 0 Å². The average Bonchev–Trinajstić information content (AvgIpc) is 2.88. The van der Waals surface area contributed by atoms with E-state index in [1.54, 1.807) is 0 Å². The quantitative estimate of drug-likeness (QED) is 0.292. The van der Waals surface area contributed by atoms with Crippen LogP contribution in [0.15, 0.2) is 72.8 Å². The van der Waals surface area contributed by atoms with E-state index < -0.39 is 7.26 Å². The molecule has 0 fully saturated rings. The third-order valence-electron chi connectivity index (χ3n) is 9.15. The number of hydrogen-bond acceptors (Lipinski definition) is 0. The molecule has 0 radical (unpaired) electrons. The minimum absolute atomic E-state index is 0. The fourth-order valence-corrected chi connectivity index (χ4v) is 7.82. The molecular weight excluding hydrogens is 519 g/mol. The van der Waals surface area contributed by atoms with Crippen LogP contribution in [0.1, 0.15) is 98.3 Å². The Morgan fingerprint density at radius 2 is 0.639 bits per heavy atom. The van der Waals surface area contributed by atoms with E-state index in [1.807, 2.05) is 0 Å². The van der Waals surface area contributed by atoms with Gasteiger partial charge in [-0.1, -0.05) is 98.7 Å². The molecule has 0 nitrogen and oxygen atoms in total. The van der Waals surface area contributed by atoms with Crippen molar-refractivity contribution in [3.63, 3.8) is 0 Å². The summed E-state index contributed by atoms with van der Waals surface area (Å²) in [4.78, 5) is 0. The lowest BCUT2D eigenvalue weighted by Crippen LogP contribution is -3.00. The molecule has 0 aliphatic heterocycles. The summed E-state index contributed by atoms with van der Waals surface area (Å²) in [5.41, 5.74) is 4.89. The van der Waals surface area contributed by atoms with Crippen molar-refractivity contribution in [3.8, 4) is 0 Å². The molecule has 0 aliphatic rings. The van der Waals surface area contributed by atoms with E-state index in [0.29, 0.717) is 0 Å². The van der Waals surface area contributed by atoms with Crippen LogP contribution >= 0.6 is 7.26 Å². The zero-order valence-corrected chi connectivity index (χ0v) is 26.9. The zero-order valence-electron chi connectivity index (χ0n) is 24.4. The van der Waals surface area contributed by atoms with Crippen LogP contribution in [0.2, 0.25) is 0 Å². The minimum Gasteiger partial charge on any atom is -1.00 e. The molecule has 3 rings (SSSR count). The lowest BCUT2D eigenvalue weighted by atomic mass is 9.82. The van der Waals surface area contributed by atoms with Gasteiger partial charge in [0.2, 0.25) is 0 Å². The summed E-state index contributed by atoms with van der Waals surface area (Å²) in [6, 6.07) is 28.7. The highest BCUT2D eigenvalue weighted by Crippen LogP contribution is 2.52. The van der Waals surface area contributed by atoms with Crippen molar-refractivity contribution < 1.29 is 17.0 Å². The molecule has 3 aromatic carbocycles. The van der Waals surface area contributed by atoms with Crippen LogP contribution in [0.3, 0.4) is 0 Å². The molecule has 0 saturated heterocycles. The summed E-state index contributed by atoms with van der Waals surface area (Å²) in [5, 5.41) is 4.37. The molecule has 0 saturated carbocycles. The summed E-state index contributed by atoms with van der Waals surface area (Å²) in [5.74, 6) is 0. The molecule has 0 amide bonds. The van der Waals surface area contributed by atoms with E-state index in [2.05, 4.69) is 142 Å². The van der Waals surface area contributed by atoms with E-state index in [-0.39, 0.29) is 33.2 Å². The normalized spacial score (nSPS) is 12.8. The fourth-order valence-electron chi connectivity index (χ4n) is 4.69. The molecule has 36 heavy (non-hydrogen) atoms. The number of hydrogen-bond donors (Lipinski definition) is 0. The molecule has 0 unspecified atom stereocenters. The van der Waals surface area contributed by atoms with E-state index >= 15 is 0 Å². The van der Waals surface area contributed by atoms with Crippen LogP contribution in [-0.4, -0.2) is 6.66 Å². The van der Waals surface area contributed by atoms with E-state index in [0.717, 1.165) is 19.3 Å². The molecule has 0 spiro atoms. The Bertz CT molecular complexity index is 959. The third kappa shape index (κ3) is 6.00. The highest BCUT2D eigenvalue weighted by atomic mass is 79.9. The van der Waals surface area contributed by atoms with Crippen molar-refractivity contribution in [2.24, 2.45) is 0 Å². The SMILES string of the molecule is CCC(C)(C)c1ccc([P+](C)(c2ccc(C(C)(C)CC)cc2)c2ccc(C(C)(C)CC)cc2)cc1.[Br-]. The second-order valence-electron chi connectivity index (χ2n) is 12.4. The Morgan fingerprint density at radius 3 is 0.806 bits per heavy atom. The van der Waals surface area contributed by atoms with Gasteiger partial charge in [0, 0.05) is 0 Å². The summed E-state index contributed by atoms with van der Waals surface area (Å²) in [6.07, 6.45) is 3.42. The molecule has 0 bridgehead atoms. The van der Waals surface area contributed by atoms with Crippen molar-refractivity contribution in [1.29, 1.82) is 0 Å². The topological polar surface area (TPSA) is 0 Å². The highest BCUT2D eigenvalue weighted by molar-refractivity contribution is 7.95. The van der Waals surface area contributed by atoms with Gasteiger partial charge in [-0.2, -0.15) is 0 Å². The van der Waals surface area contributed by atoms with E-state index in [1.165, 1.54) is 32.6 Å². The van der Waals surface area contributed by atoms with Gasteiger partial charge in [-0.25, -0.2) is 0 Å². The van der Waals surface area contributed by atoms with Crippen LogP contribution < -0.4 is 32.9 Å². The van der Waals surface area contributed by atoms with Crippen LogP contribution in [0.4, 0.5) is 0 Å². The molecule has 0 aliphatic carbocycles. The lowest BCUT2D eigenvalue weighted by molar-refractivity contribution is -0.00000817. The van der Waals surface area contributed by atoms with Gasteiger partial charge >= 0.3 is 0 Å². The second kappa shape index (κ2) is 11.5. The molecule has 3 aromatic rings. The van der Waals surface area contributed by atoms with Crippen LogP contribution in [0.25, 0.3) is 0 Å². The van der Waals surface area contributed by atoms with Gasteiger partial charge in [0.15, 0.2) is 0 Å². The molecular formula is C34H48BrP. The van der Waals surface area contributed by atoms with Crippen molar-refractivity contribution in [2.75, 3.05) is 6.66 Å². The predicted molar refractivity (Wildman–Crippen MR) is 161 cm³/mol. The van der Waals surface area contributed by atoms with Crippen molar-refractivity contribution >= 4 is 23.2 Å². The molecule has 0 N–H and O–H groups in total. The Labute approximate surface area is 233 Å². The first-order valence-corrected chi connectivity index (χ1v) is 15.8. The molecule has 0 heterocycles. The first-order valence-electron chi connectivity index (χ1n) is 13.5. The summed E-state index contributed by atoms with van der Waals surface area (Å²) >= 11 is 0. The monoisotopic (exact) mass is 566 g/mol. The van der Waals surface area contributed by atoms with E-state index in [9.17, 15) is 0 Å². The summed E-state index contributed by atoms with van der Waals surface area (Å²) in [7, 11) is -1.77. The maximum Gasteiger partial charge on any atom is 0.109 e. The molecule has 0 atom stereocenters. The smallest absolute Gasteiger partial charge is 0.109 e. The van der Waals surface area contributed by atoms with Gasteiger partial charge in [0.05, 0.1) is 6.66 Å². The van der Waals surface area contributed by atoms with Gasteiger partial charge in [0.25, 0.3) is 0 Å². The van der Waals surface area contributed by atoms with E-state index in [4.69, 9.17) is 0 Å². The van der Waals surface area contributed by atoms with Crippen LogP contribution in [0, 0.1) is 0 Å². The number of rotatable bonds is 9. The van der Waals surface area contributed by atoms with Crippen LogP contribution in [-0.2, 0) is 16.2 Å². The van der Waals surface area contributed by atoms with Gasteiger partial charge < -0.3 is 17.0 Å². The Morgan fingerprint density at radius 1 is 0.444 bits per heavy atom. The minimum atomic E-state index is -1.77. The first kappa shape index (κ1) is 30.8. The van der Waals surface area contributed by atoms with Gasteiger partial charge in [-0.05, 0) is 88.6 Å². The first-order chi connectivity index (χ1) is 16.3. The number of halogens is 1. The van der Waals surface area contributed by atoms with Crippen molar-refractivity contribution in [2.45, 2.75) is 97.8 Å².